The van der Waals surface area contributed by atoms with Gasteiger partial charge >= 0.3 is 5.97 Å². The average molecular weight is 499 g/mol. The summed E-state index contributed by atoms with van der Waals surface area (Å²) in [6, 6.07) is 7.69. The quantitative estimate of drug-likeness (QED) is 0.534. The van der Waals surface area contributed by atoms with Gasteiger partial charge in [-0.1, -0.05) is 56.5 Å². The molecule has 1 aromatic rings. The summed E-state index contributed by atoms with van der Waals surface area (Å²) in [5.41, 5.74) is -1.19. The first-order chi connectivity index (χ1) is 17.4. The third kappa shape index (κ3) is 3.76. The van der Waals surface area contributed by atoms with E-state index in [1.165, 1.54) is 4.90 Å². The number of nitrogens with one attached hydrogen (secondary N) is 1. The number of carbonyl (C=O) groups is 3. The summed E-state index contributed by atoms with van der Waals surface area (Å²) < 4.78 is 12.2. The maximum Gasteiger partial charge on any atom is 0.312 e. The number of rotatable bonds is 8. The second kappa shape index (κ2) is 9.78. The van der Waals surface area contributed by atoms with Crippen molar-refractivity contribution in [1.29, 1.82) is 0 Å². The first-order valence-corrected chi connectivity index (χ1v) is 13.6. The van der Waals surface area contributed by atoms with Gasteiger partial charge in [-0.25, -0.2) is 0 Å². The Bertz CT molecular complexity index is 995. The van der Waals surface area contributed by atoms with Crippen molar-refractivity contribution in [3.63, 3.8) is 0 Å². The van der Waals surface area contributed by atoms with Crippen LogP contribution in [-0.2, 0) is 23.9 Å². The molecular formula is C28H38N2O6. The molecular weight excluding hydrogens is 460 g/mol. The van der Waals surface area contributed by atoms with E-state index in [9.17, 15) is 19.5 Å². The van der Waals surface area contributed by atoms with Gasteiger partial charge in [-0.3, -0.25) is 14.4 Å². The predicted molar refractivity (Wildman–Crippen MR) is 132 cm³/mol. The molecule has 36 heavy (non-hydrogen) atoms. The normalized spacial score (nSPS) is 34.5. The van der Waals surface area contributed by atoms with Crippen LogP contribution in [-0.4, -0.2) is 64.3 Å². The van der Waals surface area contributed by atoms with Gasteiger partial charge in [0.25, 0.3) is 0 Å². The Hall–Kier alpha value is -2.45. The summed E-state index contributed by atoms with van der Waals surface area (Å²) >= 11 is 0. The molecule has 1 spiro atoms. The highest BCUT2D eigenvalue weighted by molar-refractivity contribution is 5.99. The lowest BCUT2D eigenvalue weighted by Gasteiger charge is -2.38. The van der Waals surface area contributed by atoms with Crippen molar-refractivity contribution in [3.8, 4) is 0 Å². The summed E-state index contributed by atoms with van der Waals surface area (Å²) in [7, 11) is 0. The Morgan fingerprint density at radius 1 is 1.17 bits per heavy atom. The summed E-state index contributed by atoms with van der Waals surface area (Å²) in [5.74, 6) is -2.58. The summed E-state index contributed by atoms with van der Waals surface area (Å²) in [6.07, 6.45) is 6.78. The number of hydrogen-bond acceptors (Lipinski definition) is 6. The monoisotopic (exact) mass is 498 g/mol. The minimum Gasteiger partial charge on any atom is -0.466 e. The zero-order valence-corrected chi connectivity index (χ0v) is 21.3. The second-order valence-corrected chi connectivity index (χ2v) is 10.8. The predicted octanol–water partition coefficient (Wildman–Crippen LogP) is 2.89. The summed E-state index contributed by atoms with van der Waals surface area (Å²) in [6.45, 7) is 3.59. The smallest absolute Gasteiger partial charge is 0.312 e. The van der Waals surface area contributed by atoms with E-state index in [4.69, 9.17) is 9.47 Å². The molecule has 1 saturated carbocycles. The molecule has 1 aromatic carbocycles. The Kier molecular flexibility index (Phi) is 6.85. The second-order valence-electron chi connectivity index (χ2n) is 10.8. The molecule has 0 radical (unpaired) electrons. The molecule has 196 valence electrons. The van der Waals surface area contributed by atoms with Crippen LogP contribution >= 0.6 is 0 Å². The number of hydrogen-bond donors (Lipinski definition) is 2. The number of ether oxygens (including phenoxy) is 2. The van der Waals surface area contributed by atoms with Gasteiger partial charge in [0.1, 0.15) is 17.6 Å². The highest BCUT2D eigenvalue weighted by Crippen LogP contribution is 2.65. The third-order valence-electron chi connectivity index (χ3n) is 9.05. The largest absolute Gasteiger partial charge is 0.466 e. The molecule has 4 aliphatic rings. The van der Waals surface area contributed by atoms with Gasteiger partial charge in [0.2, 0.25) is 11.8 Å². The number of aliphatic hydroxyl groups is 1. The van der Waals surface area contributed by atoms with Crippen molar-refractivity contribution in [3.05, 3.63) is 35.9 Å². The van der Waals surface area contributed by atoms with Crippen molar-refractivity contribution in [1.82, 2.24) is 10.2 Å². The van der Waals surface area contributed by atoms with Gasteiger partial charge in [0.15, 0.2) is 0 Å². The lowest BCUT2D eigenvalue weighted by Crippen LogP contribution is -2.57. The van der Waals surface area contributed by atoms with Crippen LogP contribution in [0, 0.1) is 11.8 Å². The molecule has 2 N–H and O–H groups in total. The first-order valence-electron chi connectivity index (χ1n) is 13.6. The van der Waals surface area contributed by atoms with Crippen LogP contribution < -0.4 is 5.32 Å². The number of carbonyl (C=O) groups excluding carboxylic acids is 3. The van der Waals surface area contributed by atoms with E-state index in [2.05, 4.69) is 5.32 Å². The van der Waals surface area contributed by atoms with Crippen LogP contribution in [0.3, 0.4) is 0 Å². The molecule has 3 aliphatic heterocycles. The molecule has 0 aromatic heterocycles. The number of esters is 1. The van der Waals surface area contributed by atoms with Crippen LogP contribution in [0.5, 0.6) is 0 Å². The van der Waals surface area contributed by atoms with E-state index in [-0.39, 0.29) is 31.1 Å². The molecule has 1 aliphatic carbocycles. The van der Waals surface area contributed by atoms with Crippen molar-refractivity contribution >= 4 is 17.8 Å². The number of amides is 2. The van der Waals surface area contributed by atoms with E-state index in [1.54, 1.807) is 6.92 Å². The highest BCUT2D eigenvalue weighted by Gasteiger charge is 2.79. The lowest BCUT2D eigenvalue weighted by molar-refractivity contribution is -0.162. The molecule has 3 heterocycles. The van der Waals surface area contributed by atoms with E-state index in [0.717, 1.165) is 37.7 Å². The molecule has 2 unspecified atom stereocenters. The molecule has 2 bridgehead atoms. The zero-order chi connectivity index (χ0) is 25.5. The summed E-state index contributed by atoms with van der Waals surface area (Å²) in [4.78, 5) is 43.1. The van der Waals surface area contributed by atoms with E-state index in [1.807, 2.05) is 37.3 Å². The maximum atomic E-state index is 14.3. The number of benzene rings is 1. The average Bonchev–Trinajstić information content (AvgIpc) is 3.50. The number of nitrogens with zero attached hydrogens (tertiary/aromatic N) is 1. The van der Waals surface area contributed by atoms with Crippen LogP contribution in [0.25, 0.3) is 0 Å². The standard InChI is InChI=1S/C28H38N2O6/c1-3-27-15-16-28(36-27)21(22(27)26(34)35-4-2)25(33)30(20(17-31)18-11-7-5-8-12-18)23(28)24(32)29-19-13-9-6-10-14-19/h5,7-8,11-12,19-23,31H,3-4,6,9-10,13-17H2,1-2H3,(H,29,32)/t20-,21+,22+,23?,27-,28?/m1/s1. The minimum atomic E-state index is -1.12. The molecule has 5 rings (SSSR count). The van der Waals surface area contributed by atoms with Gasteiger partial charge in [-0.05, 0) is 44.6 Å². The minimum absolute atomic E-state index is 0.0579. The Balaban J connectivity index is 1.58. The van der Waals surface area contributed by atoms with E-state index >= 15 is 0 Å². The first kappa shape index (κ1) is 25.2. The molecule has 3 saturated heterocycles. The van der Waals surface area contributed by atoms with Gasteiger partial charge in [-0.15, -0.1) is 0 Å². The van der Waals surface area contributed by atoms with Gasteiger partial charge in [0, 0.05) is 6.04 Å². The fourth-order valence-electron chi connectivity index (χ4n) is 7.44. The van der Waals surface area contributed by atoms with Crippen molar-refractivity contribution < 1.29 is 29.0 Å². The van der Waals surface area contributed by atoms with Gasteiger partial charge in [-0.2, -0.15) is 0 Å². The van der Waals surface area contributed by atoms with Crippen molar-refractivity contribution in [2.24, 2.45) is 11.8 Å². The van der Waals surface area contributed by atoms with Crippen LogP contribution in [0.2, 0.25) is 0 Å². The fourth-order valence-corrected chi connectivity index (χ4v) is 7.44. The van der Waals surface area contributed by atoms with E-state index < -0.39 is 41.1 Å². The fraction of sp³-hybridized carbons (Fsp3) is 0.679. The van der Waals surface area contributed by atoms with Crippen molar-refractivity contribution in [2.75, 3.05) is 13.2 Å². The van der Waals surface area contributed by atoms with Crippen LogP contribution in [0.1, 0.15) is 76.8 Å². The van der Waals surface area contributed by atoms with E-state index in [0.29, 0.717) is 19.3 Å². The zero-order valence-electron chi connectivity index (χ0n) is 21.3. The molecule has 8 nitrogen and oxygen atoms in total. The van der Waals surface area contributed by atoms with Gasteiger partial charge < -0.3 is 24.8 Å². The van der Waals surface area contributed by atoms with Crippen LogP contribution in [0.4, 0.5) is 0 Å². The molecule has 8 heteroatoms. The van der Waals surface area contributed by atoms with Crippen LogP contribution in [0.15, 0.2) is 30.3 Å². The lowest BCUT2D eigenvalue weighted by atomic mass is 9.65. The molecule has 4 fully saturated rings. The Morgan fingerprint density at radius 3 is 2.53 bits per heavy atom. The maximum absolute atomic E-state index is 14.3. The highest BCUT2D eigenvalue weighted by atomic mass is 16.6. The molecule has 2 amide bonds. The number of fused-ring (bicyclic) bond motifs is 1. The topological polar surface area (TPSA) is 105 Å². The Labute approximate surface area is 212 Å². The number of likely N-dealkylation sites (tertiary alicyclic amines) is 1. The number of aliphatic hydroxyl groups excluding tert-OH is 1. The van der Waals surface area contributed by atoms with Gasteiger partial charge in [0.05, 0.1) is 30.8 Å². The Morgan fingerprint density at radius 2 is 1.89 bits per heavy atom. The summed E-state index contributed by atoms with van der Waals surface area (Å²) in [5, 5.41) is 13.7. The van der Waals surface area contributed by atoms with Crippen molar-refractivity contribution in [2.45, 2.75) is 94.5 Å². The third-order valence-corrected chi connectivity index (χ3v) is 9.05. The molecule has 6 atom stereocenters. The SMILES string of the molecule is CCOC(=O)[C@@H]1[C@H]2C(=O)N([C@H](CO)c3ccccc3)C(C(=O)NC3CCCCC3)C23CC[C@@]1(CC)O3.